The molecule has 5 heteroatoms. The Hall–Kier alpha value is -1.33. The van der Waals surface area contributed by atoms with Crippen molar-refractivity contribution in [2.75, 3.05) is 46.4 Å². The zero-order valence-corrected chi connectivity index (χ0v) is 12.3. The Balaban J connectivity index is 1.54. The molecule has 0 aromatic carbocycles. The van der Waals surface area contributed by atoms with Crippen LogP contribution in [0.15, 0.2) is 18.3 Å². The summed E-state index contributed by atoms with van der Waals surface area (Å²) in [7, 11) is 3.67. The molecule has 0 bridgehead atoms. The molecule has 0 atom stereocenters. The van der Waals surface area contributed by atoms with Crippen molar-refractivity contribution >= 4 is 5.91 Å². The molecular formula is C15H23N3O2. The second-order valence-corrected chi connectivity index (χ2v) is 6.18. The van der Waals surface area contributed by atoms with Gasteiger partial charge < -0.3 is 19.1 Å². The summed E-state index contributed by atoms with van der Waals surface area (Å²) in [5.74, 6) is 0.165. The largest absolute Gasteiger partial charge is 0.383 e. The van der Waals surface area contributed by atoms with Gasteiger partial charge in [0, 0.05) is 51.9 Å². The van der Waals surface area contributed by atoms with E-state index in [1.165, 1.54) is 6.42 Å². The second-order valence-electron chi connectivity index (χ2n) is 6.18. The Labute approximate surface area is 120 Å². The lowest BCUT2D eigenvalue weighted by Gasteiger charge is -2.48. The van der Waals surface area contributed by atoms with Crippen LogP contribution in [0.2, 0.25) is 0 Å². The number of nitrogens with zero attached hydrogens (tertiary/aromatic N) is 3. The summed E-state index contributed by atoms with van der Waals surface area (Å²) in [4.78, 5) is 16.8. The van der Waals surface area contributed by atoms with Crippen molar-refractivity contribution in [2.45, 2.75) is 6.42 Å². The maximum atomic E-state index is 12.4. The lowest BCUT2D eigenvalue weighted by Crippen LogP contribution is -2.59. The molecule has 1 aromatic heterocycles. The zero-order chi connectivity index (χ0) is 14.2. The first-order valence-electron chi connectivity index (χ1n) is 7.25. The number of ether oxygens (including phenoxy) is 1. The summed E-state index contributed by atoms with van der Waals surface area (Å²) in [6, 6.07) is 3.82. The van der Waals surface area contributed by atoms with Gasteiger partial charge in [0.25, 0.3) is 5.91 Å². The summed E-state index contributed by atoms with van der Waals surface area (Å²) in [5.41, 5.74) is 1.13. The lowest BCUT2D eigenvalue weighted by atomic mass is 9.79. The third-order valence-electron chi connectivity index (χ3n) is 4.63. The van der Waals surface area contributed by atoms with Crippen LogP contribution in [0.1, 0.15) is 16.9 Å². The minimum Gasteiger partial charge on any atom is -0.383 e. The Bertz CT molecular complexity index is 491. The van der Waals surface area contributed by atoms with Crippen molar-refractivity contribution in [2.24, 2.45) is 12.5 Å². The highest BCUT2D eigenvalue weighted by atomic mass is 16.5. The molecule has 2 aliphatic heterocycles. The van der Waals surface area contributed by atoms with E-state index in [0.717, 1.165) is 45.0 Å². The van der Waals surface area contributed by atoms with Crippen LogP contribution in [0.4, 0.5) is 0 Å². The van der Waals surface area contributed by atoms with Gasteiger partial charge in [-0.1, -0.05) is 0 Å². The number of hydrogen-bond acceptors (Lipinski definition) is 3. The molecule has 0 N–H and O–H groups in total. The van der Waals surface area contributed by atoms with Gasteiger partial charge in [-0.3, -0.25) is 4.79 Å². The maximum Gasteiger partial charge on any atom is 0.270 e. The quantitative estimate of drug-likeness (QED) is 0.818. The van der Waals surface area contributed by atoms with E-state index in [4.69, 9.17) is 4.74 Å². The van der Waals surface area contributed by atoms with E-state index in [-0.39, 0.29) is 5.91 Å². The molecule has 2 aliphatic rings. The molecular weight excluding hydrogens is 254 g/mol. The van der Waals surface area contributed by atoms with Crippen molar-refractivity contribution < 1.29 is 9.53 Å². The first kappa shape index (κ1) is 13.6. The number of rotatable bonds is 4. The van der Waals surface area contributed by atoms with Gasteiger partial charge in [0.15, 0.2) is 0 Å². The van der Waals surface area contributed by atoms with Gasteiger partial charge in [0.2, 0.25) is 0 Å². The number of methoxy groups -OCH3 is 1. The number of aromatic nitrogens is 1. The van der Waals surface area contributed by atoms with E-state index in [9.17, 15) is 4.79 Å². The number of carbonyl (C=O) groups is 1. The summed E-state index contributed by atoms with van der Waals surface area (Å²) < 4.78 is 7.03. The van der Waals surface area contributed by atoms with Gasteiger partial charge in [-0.25, -0.2) is 0 Å². The number of aryl methyl sites for hydroxylation is 1. The number of hydrogen-bond donors (Lipinski definition) is 0. The zero-order valence-electron chi connectivity index (χ0n) is 12.3. The van der Waals surface area contributed by atoms with Crippen LogP contribution in [0, 0.1) is 5.41 Å². The Morgan fingerprint density at radius 2 is 2.20 bits per heavy atom. The molecule has 0 saturated carbocycles. The van der Waals surface area contributed by atoms with Crippen LogP contribution in [0.3, 0.4) is 0 Å². The first-order chi connectivity index (χ1) is 9.63. The predicted octanol–water partition coefficient (Wildman–Crippen LogP) is 0.819. The van der Waals surface area contributed by atoms with Gasteiger partial charge in [0.05, 0.1) is 6.61 Å². The van der Waals surface area contributed by atoms with E-state index < -0.39 is 0 Å². The second kappa shape index (κ2) is 5.22. The van der Waals surface area contributed by atoms with E-state index in [2.05, 4.69) is 4.90 Å². The fourth-order valence-corrected chi connectivity index (χ4v) is 3.45. The van der Waals surface area contributed by atoms with Crippen LogP contribution < -0.4 is 0 Å². The SMILES string of the molecule is COCCN1CCC2(C1)CN(C(=O)c1cccn1C)C2. The average molecular weight is 277 g/mol. The van der Waals surface area contributed by atoms with Crippen molar-refractivity contribution in [3.8, 4) is 0 Å². The molecule has 3 heterocycles. The minimum atomic E-state index is 0.165. The van der Waals surface area contributed by atoms with E-state index in [1.54, 1.807) is 7.11 Å². The molecule has 0 unspecified atom stereocenters. The average Bonchev–Trinajstić information content (AvgIpc) is 3.00. The number of carbonyl (C=O) groups excluding carboxylic acids is 1. The number of likely N-dealkylation sites (tertiary alicyclic amines) is 2. The summed E-state index contributed by atoms with van der Waals surface area (Å²) in [6.07, 6.45) is 3.12. The fraction of sp³-hybridized carbons (Fsp3) is 0.667. The van der Waals surface area contributed by atoms with Crippen molar-refractivity contribution in [3.63, 3.8) is 0 Å². The standard InChI is InChI=1S/C15H23N3O2/c1-16-6-3-4-13(16)14(19)18-11-15(12-18)5-7-17(10-15)8-9-20-2/h3-4,6H,5,7-12H2,1-2H3. The molecule has 3 rings (SSSR count). The van der Waals surface area contributed by atoms with Crippen molar-refractivity contribution in [1.29, 1.82) is 0 Å². The summed E-state index contributed by atoms with van der Waals surface area (Å²) in [6.45, 7) is 5.84. The molecule has 20 heavy (non-hydrogen) atoms. The van der Waals surface area contributed by atoms with Crippen LogP contribution >= 0.6 is 0 Å². The van der Waals surface area contributed by atoms with Crippen LogP contribution in [-0.4, -0.2) is 66.7 Å². The Kier molecular flexibility index (Phi) is 3.56. The molecule has 0 radical (unpaired) electrons. The van der Waals surface area contributed by atoms with Crippen molar-refractivity contribution in [1.82, 2.24) is 14.4 Å². The van der Waals surface area contributed by atoms with Gasteiger partial charge in [-0.15, -0.1) is 0 Å². The molecule has 1 spiro atoms. The molecule has 0 aliphatic carbocycles. The van der Waals surface area contributed by atoms with Crippen LogP contribution in [0.5, 0.6) is 0 Å². The first-order valence-corrected chi connectivity index (χ1v) is 7.25. The van der Waals surface area contributed by atoms with E-state index in [0.29, 0.717) is 5.41 Å². The Morgan fingerprint density at radius 3 is 2.85 bits per heavy atom. The highest BCUT2D eigenvalue weighted by Crippen LogP contribution is 2.39. The highest BCUT2D eigenvalue weighted by Gasteiger charge is 2.49. The molecule has 1 aromatic rings. The van der Waals surface area contributed by atoms with Crippen LogP contribution in [0.25, 0.3) is 0 Å². The van der Waals surface area contributed by atoms with Gasteiger partial charge in [-0.2, -0.15) is 0 Å². The third kappa shape index (κ3) is 2.36. The van der Waals surface area contributed by atoms with Crippen molar-refractivity contribution in [3.05, 3.63) is 24.0 Å². The Morgan fingerprint density at radius 1 is 1.40 bits per heavy atom. The molecule has 2 saturated heterocycles. The fourth-order valence-electron chi connectivity index (χ4n) is 3.45. The predicted molar refractivity (Wildman–Crippen MR) is 76.7 cm³/mol. The van der Waals surface area contributed by atoms with Gasteiger partial charge in [0.1, 0.15) is 5.69 Å². The molecule has 110 valence electrons. The lowest BCUT2D eigenvalue weighted by molar-refractivity contribution is 0.00897. The smallest absolute Gasteiger partial charge is 0.270 e. The van der Waals surface area contributed by atoms with Gasteiger partial charge >= 0.3 is 0 Å². The number of amides is 1. The topological polar surface area (TPSA) is 37.7 Å². The van der Waals surface area contributed by atoms with Crippen LogP contribution in [-0.2, 0) is 11.8 Å². The van der Waals surface area contributed by atoms with E-state index >= 15 is 0 Å². The normalized spacial score (nSPS) is 21.4. The highest BCUT2D eigenvalue weighted by molar-refractivity contribution is 5.93. The van der Waals surface area contributed by atoms with E-state index in [1.807, 2.05) is 34.8 Å². The summed E-state index contributed by atoms with van der Waals surface area (Å²) in [5, 5.41) is 0. The monoisotopic (exact) mass is 277 g/mol. The van der Waals surface area contributed by atoms with Gasteiger partial charge in [-0.05, 0) is 25.1 Å². The summed E-state index contributed by atoms with van der Waals surface area (Å²) >= 11 is 0. The maximum absolute atomic E-state index is 12.4. The minimum absolute atomic E-state index is 0.165. The third-order valence-corrected chi connectivity index (χ3v) is 4.63. The molecule has 5 nitrogen and oxygen atoms in total. The molecule has 1 amide bonds. The molecule has 2 fully saturated rings.